The van der Waals surface area contributed by atoms with Gasteiger partial charge in [0.1, 0.15) is 0 Å². The minimum atomic E-state index is -1.02. The summed E-state index contributed by atoms with van der Waals surface area (Å²) in [5.74, 6) is 0.165. The number of carbonyl (C=O) groups excluding carboxylic acids is 2. The lowest BCUT2D eigenvalue weighted by Crippen LogP contribution is -2.58. The van der Waals surface area contributed by atoms with Crippen molar-refractivity contribution in [2.24, 2.45) is 11.7 Å². The van der Waals surface area contributed by atoms with Crippen molar-refractivity contribution in [3.05, 3.63) is 0 Å². The van der Waals surface area contributed by atoms with Crippen molar-refractivity contribution in [3.8, 4) is 0 Å². The molecule has 2 N–H and O–H groups in total. The Morgan fingerprint density at radius 3 is 2.67 bits per heavy atom. The topological polar surface area (TPSA) is 72.6 Å². The molecule has 0 unspecified atom stereocenters. The van der Waals surface area contributed by atoms with Crippen LogP contribution < -0.4 is 5.73 Å². The third-order valence-electron chi connectivity index (χ3n) is 4.09. The Kier molecular flexibility index (Phi) is 3.90. The SMILES string of the molecule is C[C@@]1(C(N)=O)CN(C(=O)CC2CCCC2)CCO1. The molecule has 102 valence electrons. The molecule has 5 heteroatoms. The van der Waals surface area contributed by atoms with E-state index in [4.69, 9.17) is 10.5 Å². The highest BCUT2D eigenvalue weighted by atomic mass is 16.5. The van der Waals surface area contributed by atoms with Gasteiger partial charge < -0.3 is 15.4 Å². The van der Waals surface area contributed by atoms with Crippen LogP contribution in [0.3, 0.4) is 0 Å². The van der Waals surface area contributed by atoms with Crippen molar-refractivity contribution in [1.29, 1.82) is 0 Å². The summed E-state index contributed by atoms with van der Waals surface area (Å²) in [5, 5.41) is 0. The van der Waals surface area contributed by atoms with Gasteiger partial charge in [-0.25, -0.2) is 0 Å². The Morgan fingerprint density at radius 2 is 2.06 bits per heavy atom. The lowest BCUT2D eigenvalue weighted by molar-refractivity contribution is -0.160. The minimum absolute atomic E-state index is 0.137. The fourth-order valence-electron chi connectivity index (χ4n) is 2.82. The van der Waals surface area contributed by atoms with Crippen LogP contribution in [0.5, 0.6) is 0 Å². The number of nitrogens with zero attached hydrogens (tertiary/aromatic N) is 1. The highest BCUT2D eigenvalue weighted by molar-refractivity contribution is 5.85. The van der Waals surface area contributed by atoms with Gasteiger partial charge in [0.15, 0.2) is 5.60 Å². The van der Waals surface area contributed by atoms with Gasteiger partial charge in [-0.1, -0.05) is 12.8 Å². The summed E-state index contributed by atoms with van der Waals surface area (Å²) < 4.78 is 5.41. The number of morpholine rings is 1. The number of rotatable bonds is 3. The van der Waals surface area contributed by atoms with Crippen LogP contribution in [0.1, 0.15) is 39.0 Å². The number of carbonyl (C=O) groups is 2. The van der Waals surface area contributed by atoms with E-state index in [0.29, 0.717) is 25.5 Å². The second-order valence-corrected chi connectivity index (χ2v) is 5.61. The molecule has 1 saturated carbocycles. The molecule has 1 heterocycles. The van der Waals surface area contributed by atoms with Crippen LogP contribution in [0.2, 0.25) is 0 Å². The molecule has 18 heavy (non-hydrogen) atoms. The maximum absolute atomic E-state index is 12.2. The lowest BCUT2D eigenvalue weighted by Gasteiger charge is -2.38. The maximum Gasteiger partial charge on any atom is 0.251 e. The lowest BCUT2D eigenvalue weighted by atomic mass is 10.0. The average Bonchev–Trinajstić information content (AvgIpc) is 2.81. The summed E-state index contributed by atoms with van der Waals surface area (Å²) in [5.41, 5.74) is 4.30. The van der Waals surface area contributed by atoms with Gasteiger partial charge in [-0.05, 0) is 25.7 Å². The highest BCUT2D eigenvalue weighted by Crippen LogP contribution is 2.28. The first-order chi connectivity index (χ1) is 8.51. The molecule has 2 aliphatic rings. The number of ether oxygens (including phenoxy) is 1. The van der Waals surface area contributed by atoms with E-state index >= 15 is 0 Å². The zero-order chi connectivity index (χ0) is 13.2. The maximum atomic E-state index is 12.2. The van der Waals surface area contributed by atoms with E-state index in [9.17, 15) is 9.59 Å². The summed E-state index contributed by atoms with van der Waals surface area (Å²) in [6.45, 7) is 2.89. The summed E-state index contributed by atoms with van der Waals surface area (Å²) >= 11 is 0. The number of hydrogen-bond donors (Lipinski definition) is 1. The number of primary amides is 1. The van der Waals surface area contributed by atoms with Crippen molar-refractivity contribution in [1.82, 2.24) is 4.90 Å². The highest BCUT2D eigenvalue weighted by Gasteiger charge is 2.39. The minimum Gasteiger partial charge on any atom is -0.367 e. The van der Waals surface area contributed by atoms with Gasteiger partial charge in [-0.3, -0.25) is 9.59 Å². The molecule has 0 bridgehead atoms. The van der Waals surface area contributed by atoms with E-state index in [-0.39, 0.29) is 12.5 Å². The zero-order valence-electron chi connectivity index (χ0n) is 11.0. The Balaban J connectivity index is 1.91. The average molecular weight is 254 g/mol. The van der Waals surface area contributed by atoms with Gasteiger partial charge in [0.05, 0.1) is 13.2 Å². The van der Waals surface area contributed by atoms with E-state index in [1.54, 1.807) is 11.8 Å². The molecule has 0 radical (unpaired) electrons. The molecule has 0 spiro atoms. The molecule has 2 fully saturated rings. The molecular weight excluding hydrogens is 232 g/mol. The molecule has 0 aromatic rings. The summed E-state index contributed by atoms with van der Waals surface area (Å²) in [6.07, 6.45) is 5.39. The predicted octanol–water partition coefficient (Wildman–Crippen LogP) is 0.669. The van der Waals surface area contributed by atoms with Crippen molar-refractivity contribution in [2.45, 2.75) is 44.6 Å². The third-order valence-corrected chi connectivity index (χ3v) is 4.09. The third kappa shape index (κ3) is 2.83. The van der Waals surface area contributed by atoms with Gasteiger partial charge in [-0.15, -0.1) is 0 Å². The summed E-state index contributed by atoms with van der Waals surface area (Å²) in [7, 11) is 0. The van der Waals surface area contributed by atoms with Gasteiger partial charge in [0.25, 0.3) is 5.91 Å². The zero-order valence-corrected chi connectivity index (χ0v) is 11.0. The van der Waals surface area contributed by atoms with Crippen LogP contribution in [0.4, 0.5) is 0 Å². The largest absolute Gasteiger partial charge is 0.367 e. The Labute approximate surface area is 108 Å². The predicted molar refractivity (Wildman–Crippen MR) is 66.7 cm³/mol. The van der Waals surface area contributed by atoms with Crippen LogP contribution >= 0.6 is 0 Å². The van der Waals surface area contributed by atoms with Crippen LogP contribution in [0.15, 0.2) is 0 Å². The van der Waals surface area contributed by atoms with Crippen LogP contribution in [0, 0.1) is 5.92 Å². The van der Waals surface area contributed by atoms with Crippen LogP contribution in [-0.4, -0.2) is 42.0 Å². The number of hydrogen-bond acceptors (Lipinski definition) is 3. The molecule has 1 aliphatic carbocycles. The first-order valence-electron chi connectivity index (χ1n) is 6.73. The van der Waals surface area contributed by atoms with E-state index in [2.05, 4.69) is 0 Å². The molecule has 1 saturated heterocycles. The quantitative estimate of drug-likeness (QED) is 0.804. The Bertz CT molecular complexity index is 339. The van der Waals surface area contributed by atoms with Crippen molar-refractivity contribution in [2.75, 3.05) is 19.7 Å². The number of amides is 2. The fourth-order valence-corrected chi connectivity index (χ4v) is 2.82. The molecule has 1 aliphatic heterocycles. The molecular formula is C13H22N2O3. The van der Waals surface area contributed by atoms with E-state index < -0.39 is 11.5 Å². The first-order valence-corrected chi connectivity index (χ1v) is 6.73. The normalized spacial score (nSPS) is 29.5. The first kappa shape index (κ1) is 13.3. The second-order valence-electron chi connectivity index (χ2n) is 5.61. The molecule has 0 aromatic heterocycles. The van der Waals surface area contributed by atoms with Crippen molar-refractivity contribution < 1.29 is 14.3 Å². The monoisotopic (exact) mass is 254 g/mol. The van der Waals surface area contributed by atoms with Gasteiger partial charge >= 0.3 is 0 Å². The molecule has 2 amide bonds. The molecule has 0 aromatic carbocycles. The van der Waals surface area contributed by atoms with E-state index in [1.165, 1.54) is 12.8 Å². The number of nitrogens with two attached hydrogens (primary N) is 1. The fraction of sp³-hybridized carbons (Fsp3) is 0.846. The second kappa shape index (κ2) is 5.26. The van der Waals surface area contributed by atoms with Crippen LogP contribution in [0.25, 0.3) is 0 Å². The van der Waals surface area contributed by atoms with Gasteiger partial charge in [-0.2, -0.15) is 0 Å². The van der Waals surface area contributed by atoms with E-state index in [1.807, 2.05) is 0 Å². The standard InChI is InChI=1S/C13H22N2O3/c1-13(12(14)17)9-15(6-7-18-13)11(16)8-10-4-2-3-5-10/h10H,2-9H2,1H3,(H2,14,17)/t13-/m0/s1. The Morgan fingerprint density at radius 1 is 1.39 bits per heavy atom. The molecule has 2 rings (SSSR count). The molecule has 5 nitrogen and oxygen atoms in total. The molecule has 1 atom stereocenters. The van der Waals surface area contributed by atoms with Gasteiger partial charge in [0.2, 0.25) is 5.91 Å². The summed E-state index contributed by atoms with van der Waals surface area (Å²) in [4.78, 5) is 25.3. The Hall–Kier alpha value is -1.10. The smallest absolute Gasteiger partial charge is 0.251 e. The van der Waals surface area contributed by atoms with Crippen molar-refractivity contribution >= 4 is 11.8 Å². The van der Waals surface area contributed by atoms with Gasteiger partial charge in [0, 0.05) is 13.0 Å². The van der Waals surface area contributed by atoms with E-state index in [0.717, 1.165) is 12.8 Å². The summed E-state index contributed by atoms with van der Waals surface area (Å²) in [6, 6.07) is 0. The van der Waals surface area contributed by atoms with Crippen molar-refractivity contribution in [3.63, 3.8) is 0 Å². The van der Waals surface area contributed by atoms with Crippen LogP contribution in [-0.2, 0) is 14.3 Å².